The third kappa shape index (κ3) is 3.51. The van der Waals surface area contributed by atoms with Gasteiger partial charge in [-0.3, -0.25) is 9.78 Å². The largest absolute Gasteiger partial charge is 0.350 e. The van der Waals surface area contributed by atoms with Crippen molar-refractivity contribution in [3.8, 4) is 0 Å². The molecule has 100 valence electrons. The summed E-state index contributed by atoms with van der Waals surface area (Å²) in [5, 5.41) is 3.96. The van der Waals surface area contributed by atoms with Crippen LogP contribution in [0.1, 0.15) is 30.1 Å². The molecule has 0 bridgehead atoms. The Morgan fingerprint density at radius 2 is 2.26 bits per heavy atom. The molecule has 4 heteroatoms. The Kier molecular flexibility index (Phi) is 4.47. The highest BCUT2D eigenvalue weighted by Gasteiger charge is 2.09. The van der Waals surface area contributed by atoms with Crippen molar-refractivity contribution in [3.63, 3.8) is 0 Å². The number of carbonyl (C=O) groups is 1. The fourth-order valence-corrected chi connectivity index (χ4v) is 2.02. The van der Waals surface area contributed by atoms with Crippen LogP contribution in [-0.4, -0.2) is 23.5 Å². The first-order chi connectivity index (χ1) is 9.20. The molecule has 2 rings (SSSR count). The molecule has 1 atom stereocenters. The van der Waals surface area contributed by atoms with E-state index in [1.165, 1.54) is 0 Å². The molecule has 4 nitrogen and oxygen atoms in total. The minimum Gasteiger partial charge on any atom is -0.350 e. The molecule has 19 heavy (non-hydrogen) atoms. The highest BCUT2D eigenvalue weighted by atomic mass is 16.1. The lowest BCUT2D eigenvalue weighted by atomic mass is 10.1. The van der Waals surface area contributed by atoms with Crippen LogP contribution in [0.5, 0.6) is 0 Å². The number of aromatic nitrogens is 1. The lowest BCUT2D eigenvalue weighted by Gasteiger charge is -2.13. The van der Waals surface area contributed by atoms with Crippen molar-refractivity contribution in [1.29, 1.82) is 0 Å². The van der Waals surface area contributed by atoms with Gasteiger partial charge < -0.3 is 11.1 Å². The Balaban J connectivity index is 2.08. The van der Waals surface area contributed by atoms with Crippen LogP contribution in [0, 0.1) is 0 Å². The molecular formula is C15H19N3O. The normalized spacial score (nSPS) is 12.3. The lowest BCUT2D eigenvalue weighted by Crippen LogP contribution is -2.32. The van der Waals surface area contributed by atoms with Gasteiger partial charge in [0.05, 0.1) is 5.52 Å². The number of carbonyl (C=O) groups excluding carboxylic acids is 1. The number of nitrogens with one attached hydrogen (secondary N) is 1. The van der Waals surface area contributed by atoms with Gasteiger partial charge in [-0.05, 0) is 50.6 Å². The summed E-state index contributed by atoms with van der Waals surface area (Å²) in [7, 11) is 0. The molecule has 0 saturated carbocycles. The molecule has 1 aromatic heterocycles. The summed E-state index contributed by atoms with van der Waals surface area (Å²) >= 11 is 0. The number of hydrogen-bond donors (Lipinski definition) is 2. The van der Waals surface area contributed by atoms with Crippen molar-refractivity contribution in [1.82, 2.24) is 10.3 Å². The van der Waals surface area contributed by atoms with E-state index in [1.807, 2.05) is 31.2 Å². The van der Waals surface area contributed by atoms with E-state index >= 15 is 0 Å². The van der Waals surface area contributed by atoms with Gasteiger partial charge in [0.25, 0.3) is 5.91 Å². The highest BCUT2D eigenvalue weighted by molar-refractivity contribution is 5.98. The fraction of sp³-hybridized carbons (Fsp3) is 0.333. The van der Waals surface area contributed by atoms with Gasteiger partial charge in [0, 0.05) is 23.2 Å². The highest BCUT2D eigenvalue weighted by Crippen LogP contribution is 2.13. The number of rotatable bonds is 5. The molecule has 1 aromatic carbocycles. The van der Waals surface area contributed by atoms with Crippen molar-refractivity contribution >= 4 is 16.8 Å². The van der Waals surface area contributed by atoms with Gasteiger partial charge in [-0.15, -0.1) is 0 Å². The van der Waals surface area contributed by atoms with E-state index in [9.17, 15) is 4.79 Å². The standard InChI is InChI=1S/C15H19N3O/c1-11(4-2-8-16)18-15(19)13-6-7-14-12(10-13)5-3-9-17-14/h3,5-7,9-11H,2,4,8,16H2,1H3,(H,18,19). The van der Waals surface area contributed by atoms with Crippen LogP contribution in [0.15, 0.2) is 36.5 Å². The van der Waals surface area contributed by atoms with Crippen LogP contribution < -0.4 is 11.1 Å². The summed E-state index contributed by atoms with van der Waals surface area (Å²) in [6, 6.07) is 9.51. The molecule has 1 unspecified atom stereocenters. The molecule has 1 amide bonds. The van der Waals surface area contributed by atoms with E-state index < -0.39 is 0 Å². The summed E-state index contributed by atoms with van der Waals surface area (Å²) in [5.41, 5.74) is 7.03. The summed E-state index contributed by atoms with van der Waals surface area (Å²) < 4.78 is 0. The molecule has 0 saturated heterocycles. The molecule has 0 aliphatic rings. The first kappa shape index (κ1) is 13.5. The first-order valence-electron chi connectivity index (χ1n) is 6.56. The minimum absolute atomic E-state index is 0.0460. The van der Waals surface area contributed by atoms with E-state index in [0.717, 1.165) is 23.7 Å². The molecule has 0 spiro atoms. The predicted octanol–water partition coefficient (Wildman–Crippen LogP) is 2.09. The van der Waals surface area contributed by atoms with Crippen molar-refractivity contribution in [2.75, 3.05) is 6.54 Å². The maximum absolute atomic E-state index is 12.1. The monoisotopic (exact) mass is 257 g/mol. The van der Waals surface area contributed by atoms with Gasteiger partial charge in [-0.25, -0.2) is 0 Å². The predicted molar refractivity (Wildman–Crippen MR) is 77.0 cm³/mol. The molecule has 0 aliphatic carbocycles. The quantitative estimate of drug-likeness (QED) is 0.861. The molecule has 2 aromatic rings. The molecular weight excluding hydrogens is 238 g/mol. The Bertz CT molecular complexity index is 568. The third-order valence-electron chi connectivity index (χ3n) is 3.08. The maximum Gasteiger partial charge on any atom is 0.251 e. The van der Waals surface area contributed by atoms with Crippen molar-refractivity contribution in [2.24, 2.45) is 5.73 Å². The summed E-state index contributed by atoms with van der Waals surface area (Å²) in [6.45, 7) is 2.65. The second kappa shape index (κ2) is 6.29. The zero-order chi connectivity index (χ0) is 13.7. The number of benzene rings is 1. The average molecular weight is 257 g/mol. The Morgan fingerprint density at radius 3 is 3.05 bits per heavy atom. The average Bonchev–Trinajstić information content (AvgIpc) is 2.44. The van der Waals surface area contributed by atoms with Gasteiger partial charge in [0.15, 0.2) is 0 Å². The Labute approximate surface area is 113 Å². The minimum atomic E-state index is -0.0460. The van der Waals surface area contributed by atoms with E-state index in [4.69, 9.17) is 5.73 Å². The van der Waals surface area contributed by atoms with Crippen LogP contribution in [0.2, 0.25) is 0 Å². The van der Waals surface area contributed by atoms with Crippen LogP contribution in [0.4, 0.5) is 0 Å². The van der Waals surface area contributed by atoms with Gasteiger partial charge in [0.1, 0.15) is 0 Å². The van der Waals surface area contributed by atoms with Gasteiger partial charge in [0.2, 0.25) is 0 Å². The second-order valence-electron chi connectivity index (χ2n) is 4.72. The number of hydrogen-bond acceptors (Lipinski definition) is 3. The van der Waals surface area contributed by atoms with E-state index in [-0.39, 0.29) is 11.9 Å². The first-order valence-corrected chi connectivity index (χ1v) is 6.56. The molecule has 3 N–H and O–H groups in total. The van der Waals surface area contributed by atoms with E-state index in [2.05, 4.69) is 10.3 Å². The molecule has 1 heterocycles. The number of amides is 1. The number of pyridine rings is 1. The van der Waals surface area contributed by atoms with E-state index in [1.54, 1.807) is 12.3 Å². The van der Waals surface area contributed by atoms with Gasteiger partial charge >= 0.3 is 0 Å². The summed E-state index contributed by atoms with van der Waals surface area (Å²) in [5.74, 6) is -0.0460. The Morgan fingerprint density at radius 1 is 1.42 bits per heavy atom. The summed E-state index contributed by atoms with van der Waals surface area (Å²) in [4.78, 5) is 16.3. The van der Waals surface area contributed by atoms with Crippen LogP contribution >= 0.6 is 0 Å². The lowest BCUT2D eigenvalue weighted by molar-refractivity contribution is 0.0938. The van der Waals surface area contributed by atoms with Crippen molar-refractivity contribution < 1.29 is 4.79 Å². The van der Waals surface area contributed by atoms with Crippen LogP contribution in [0.25, 0.3) is 10.9 Å². The zero-order valence-electron chi connectivity index (χ0n) is 11.1. The topological polar surface area (TPSA) is 68.0 Å². The number of nitrogens with two attached hydrogens (primary N) is 1. The van der Waals surface area contributed by atoms with E-state index in [0.29, 0.717) is 12.1 Å². The second-order valence-corrected chi connectivity index (χ2v) is 4.72. The fourth-order valence-electron chi connectivity index (χ4n) is 2.02. The maximum atomic E-state index is 12.1. The Hall–Kier alpha value is -1.94. The summed E-state index contributed by atoms with van der Waals surface area (Å²) in [6.07, 6.45) is 3.57. The SMILES string of the molecule is CC(CCCN)NC(=O)c1ccc2ncccc2c1. The van der Waals surface area contributed by atoms with Gasteiger partial charge in [-0.2, -0.15) is 0 Å². The van der Waals surface area contributed by atoms with Crippen LogP contribution in [0.3, 0.4) is 0 Å². The molecule has 0 aliphatic heterocycles. The zero-order valence-corrected chi connectivity index (χ0v) is 11.1. The van der Waals surface area contributed by atoms with Crippen molar-refractivity contribution in [3.05, 3.63) is 42.1 Å². The number of nitrogens with zero attached hydrogens (tertiary/aromatic N) is 1. The smallest absolute Gasteiger partial charge is 0.251 e. The molecule has 0 fully saturated rings. The number of fused-ring (bicyclic) bond motifs is 1. The van der Waals surface area contributed by atoms with Crippen LogP contribution in [-0.2, 0) is 0 Å². The van der Waals surface area contributed by atoms with Crippen molar-refractivity contribution in [2.45, 2.75) is 25.8 Å². The van der Waals surface area contributed by atoms with Gasteiger partial charge in [-0.1, -0.05) is 6.07 Å². The molecule has 0 radical (unpaired) electrons. The third-order valence-corrected chi connectivity index (χ3v) is 3.08.